The molecule has 0 amide bonds. The fourth-order valence-electron chi connectivity index (χ4n) is 20.3. The molecule has 0 aromatic heterocycles. The van der Waals surface area contributed by atoms with Gasteiger partial charge in [-0.05, 0) is 306 Å². The predicted octanol–water partition coefficient (Wildman–Crippen LogP) is 27.3. The average Bonchev–Trinajstić information content (AvgIpc) is 0.687. The maximum atomic E-state index is 3.07. The van der Waals surface area contributed by atoms with Gasteiger partial charge in [0.2, 0.25) is 0 Å². The molecule has 0 saturated carbocycles. The number of fused-ring (bicyclic) bond motifs is 4. The van der Waals surface area contributed by atoms with Gasteiger partial charge in [-0.2, -0.15) is 0 Å². The lowest BCUT2D eigenvalue weighted by Crippen LogP contribution is -2.65. The standard InChI is InChI=1S/C104H123BN4/c1-100(2,3)76-44-42-70(43-45-76)75-66-95-97-96(67-75)109(99-89(73-34-24-18-25-35-73)40-29-41-90(99)74-36-26-19-27-37-74)94-69-86(107(83-58-50-79(51-59-83)103(10,11)12)84-60-52-80(53-61-84)104(13,14)15)63-65-92(94)105(97)91-64-62-85(106(81-54-46-77(47-55-81)101(4,5)6)82-56-48-78(49-57-82)102(7,8)9)68-93(91)108(95)98-87(71-30-20-16-21-31-71)38-28-39-88(98)72-32-22-17-23-33-72/h16,18,20,24,32,36,38,40,42-69,71,73,88,90,98-99H,17,19,21-23,25-31,33-35,37,39,41H2,1-15H3. The molecule has 0 spiro atoms. The Morgan fingerprint density at radius 1 is 0.312 bits per heavy atom. The molecule has 0 radical (unpaired) electrons. The first kappa shape index (κ1) is 74.6. The van der Waals surface area contributed by atoms with Gasteiger partial charge in [-0.3, -0.25) is 0 Å². The molecule has 8 aliphatic rings. The fraction of sp³-hybridized carbons (Fsp3) is 0.423. The number of anilines is 10. The molecular weight excluding hydrogens is 1320 g/mol. The number of allylic oxidation sites excluding steroid dienone is 8. The second kappa shape index (κ2) is 29.6. The minimum atomic E-state index is -0.0962. The summed E-state index contributed by atoms with van der Waals surface area (Å²) in [5.74, 6) is 1.60. The highest BCUT2D eigenvalue weighted by Gasteiger charge is 2.51. The zero-order valence-corrected chi connectivity index (χ0v) is 68.8. The first-order chi connectivity index (χ1) is 52.2. The number of nitrogens with zero attached hydrogens (tertiary/aromatic N) is 4. The Kier molecular flexibility index (Phi) is 20.3. The van der Waals surface area contributed by atoms with E-state index in [9.17, 15) is 0 Å². The van der Waals surface area contributed by atoms with Gasteiger partial charge in [0, 0.05) is 68.7 Å². The molecule has 0 fully saturated rings. The van der Waals surface area contributed by atoms with Crippen molar-refractivity contribution in [1.29, 1.82) is 0 Å². The highest BCUT2D eigenvalue weighted by Crippen LogP contribution is 2.55. The smallest absolute Gasteiger partial charge is 0.252 e. The normalized spacial score (nSPS) is 21.7. The van der Waals surface area contributed by atoms with Crippen LogP contribution in [-0.2, 0) is 27.1 Å². The van der Waals surface area contributed by atoms with E-state index >= 15 is 0 Å². The molecule has 0 saturated heterocycles. The van der Waals surface area contributed by atoms with Gasteiger partial charge >= 0.3 is 0 Å². The minimum absolute atomic E-state index is 0.000000162. The molecule has 562 valence electrons. The van der Waals surface area contributed by atoms with Crippen molar-refractivity contribution in [2.75, 3.05) is 19.6 Å². The van der Waals surface area contributed by atoms with Crippen LogP contribution in [0.25, 0.3) is 11.1 Å². The van der Waals surface area contributed by atoms with Crippen molar-refractivity contribution in [1.82, 2.24) is 0 Å². The summed E-state index contributed by atoms with van der Waals surface area (Å²) in [4.78, 5) is 11.3. The zero-order valence-electron chi connectivity index (χ0n) is 68.8. The van der Waals surface area contributed by atoms with E-state index in [0.29, 0.717) is 23.7 Å². The Morgan fingerprint density at radius 3 is 0.963 bits per heavy atom. The lowest BCUT2D eigenvalue weighted by atomic mass is 9.33. The monoisotopic (exact) mass is 1440 g/mol. The van der Waals surface area contributed by atoms with Gasteiger partial charge in [-0.25, -0.2) is 0 Å². The van der Waals surface area contributed by atoms with E-state index < -0.39 is 0 Å². The molecule has 5 heteroatoms. The molecule has 2 aliphatic heterocycles. The van der Waals surface area contributed by atoms with Gasteiger partial charge in [0.05, 0.1) is 12.1 Å². The molecule has 16 rings (SSSR count). The summed E-state index contributed by atoms with van der Waals surface area (Å²) >= 11 is 0. The first-order valence-electron chi connectivity index (χ1n) is 42.5. The zero-order chi connectivity index (χ0) is 75.9. The lowest BCUT2D eigenvalue weighted by Gasteiger charge is -2.53. The molecule has 6 unspecified atom stereocenters. The van der Waals surface area contributed by atoms with Crippen LogP contribution in [0.2, 0.25) is 0 Å². The summed E-state index contributed by atoms with van der Waals surface area (Å²) in [6, 6.07) is 69.6. The minimum Gasteiger partial charge on any atom is -0.334 e. The maximum Gasteiger partial charge on any atom is 0.252 e. The quantitative estimate of drug-likeness (QED) is 0.0842. The molecule has 8 aromatic carbocycles. The molecule has 109 heavy (non-hydrogen) atoms. The van der Waals surface area contributed by atoms with E-state index in [2.05, 4.69) is 342 Å². The number of benzene rings is 8. The lowest BCUT2D eigenvalue weighted by molar-refractivity contribution is 0.391. The topological polar surface area (TPSA) is 13.0 Å². The van der Waals surface area contributed by atoms with Crippen molar-refractivity contribution >= 4 is 80.0 Å². The molecular formula is C104H123BN4. The second-order valence-electron chi connectivity index (χ2n) is 39.0. The van der Waals surface area contributed by atoms with Gasteiger partial charge < -0.3 is 19.6 Å². The van der Waals surface area contributed by atoms with Gasteiger partial charge in [-0.1, -0.05) is 249 Å². The van der Waals surface area contributed by atoms with Crippen LogP contribution >= 0.6 is 0 Å². The third-order valence-corrected chi connectivity index (χ3v) is 26.5. The van der Waals surface area contributed by atoms with E-state index in [0.717, 1.165) is 51.4 Å². The summed E-state index contributed by atoms with van der Waals surface area (Å²) in [6.45, 7) is 35.1. The van der Waals surface area contributed by atoms with Crippen LogP contribution in [0.15, 0.2) is 241 Å². The van der Waals surface area contributed by atoms with Crippen LogP contribution in [0.1, 0.15) is 247 Å². The van der Waals surface area contributed by atoms with Crippen LogP contribution < -0.4 is 36.0 Å². The molecule has 4 nitrogen and oxygen atoms in total. The van der Waals surface area contributed by atoms with Crippen molar-refractivity contribution in [3.8, 4) is 11.1 Å². The molecule has 6 atom stereocenters. The summed E-state index contributed by atoms with van der Waals surface area (Å²) in [6.07, 6.45) is 42.1. The Balaban J connectivity index is 1.03. The number of hydrogen-bond donors (Lipinski definition) is 0. The Bertz CT molecular complexity index is 4450. The molecule has 6 aliphatic carbocycles. The molecule has 8 aromatic rings. The molecule has 0 bridgehead atoms. The summed E-state index contributed by atoms with van der Waals surface area (Å²) in [7, 11) is 0. The Morgan fingerprint density at radius 2 is 0.651 bits per heavy atom. The average molecular weight is 1440 g/mol. The Hall–Kier alpha value is -8.54. The number of rotatable bonds is 13. The van der Waals surface area contributed by atoms with Crippen molar-refractivity contribution in [2.45, 2.75) is 259 Å². The maximum absolute atomic E-state index is 3.07. The third-order valence-electron chi connectivity index (χ3n) is 26.5. The van der Waals surface area contributed by atoms with Crippen LogP contribution in [0.4, 0.5) is 56.9 Å². The van der Waals surface area contributed by atoms with Crippen molar-refractivity contribution < 1.29 is 0 Å². The van der Waals surface area contributed by atoms with E-state index in [4.69, 9.17) is 0 Å². The first-order valence-corrected chi connectivity index (χ1v) is 42.5. The summed E-state index contributed by atoms with van der Waals surface area (Å²) in [5, 5.41) is 0. The number of hydrogen-bond acceptors (Lipinski definition) is 4. The fourth-order valence-corrected chi connectivity index (χ4v) is 20.3. The van der Waals surface area contributed by atoms with Crippen LogP contribution in [0.5, 0.6) is 0 Å². The van der Waals surface area contributed by atoms with Crippen LogP contribution in [0.3, 0.4) is 0 Å². The highest BCUT2D eigenvalue weighted by atomic mass is 15.2. The van der Waals surface area contributed by atoms with Crippen molar-refractivity contribution in [2.24, 2.45) is 23.7 Å². The molecule has 0 N–H and O–H groups in total. The van der Waals surface area contributed by atoms with Gasteiger partial charge in [0.15, 0.2) is 0 Å². The second-order valence-corrected chi connectivity index (χ2v) is 39.0. The highest BCUT2D eigenvalue weighted by molar-refractivity contribution is 7.00. The van der Waals surface area contributed by atoms with Gasteiger partial charge in [0.25, 0.3) is 6.71 Å². The summed E-state index contributed by atoms with van der Waals surface area (Å²) in [5.41, 5.74) is 32.8. The Labute approximate surface area is 657 Å². The third kappa shape index (κ3) is 14.7. The van der Waals surface area contributed by atoms with Crippen LogP contribution in [0, 0.1) is 23.7 Å². The summed E-state index contributed by atoms with van der Waals surface area (Å²) < 4.78 is 0. The van der Waals surface area contributed by atoms with Gasteiger partial charge in [0.1, 0.15) is 0 Å². The predicted molar refractivity (Wildman–Crippen MR) is 472 cm³/mol. The van der Waals surface area contributed by atoms with E-state index in [1.54, 1.807) is 22.3 Å². The van der Waals surface area contributed by atoms with Gasteiger partial charge in [-0.15, -0.1) is 0 Å². The molecule has 2 heterocycles. The SMILES string of the molecule is CC(C)(C)c1ccc(-c2cc3c4c(c2)N(C2C(C5CC=CCC5)=CCCC2C2=CCCCC2)c2cc(N(c5ccc(C(C)(C)C)cc5)c5ccc(C(C)(C)C)cc5)ccc2B4c2ccc(N(c4ccc(C(C)(C)C)cc4)c4ccc(C(C)(C)C)cc4)cc2N3C2C(C3CC=CCC3)=CCCC2C2=CCCCC2)cc1. The van der Waals surface area contributed by atoms with E-state index in [1.807, 2.05) is 0 Å². The van der Waals surface area contributed by atoms with E-state index in [1.165, 1.54) is 176 Å². The van der Waals surface area contributed by atoms with Crippen LogP contribution in [-0.4, -0.2) is 18.8 Å². The largest absolute Gasteiger partial charge is 0.334 e. The van der Waals surface area contributed by atoms with Crippen molar-refractivity contribution in [3.05, 3.63) is 269 Å². The van der Waals surface area contributed by atoms with E-state index in [-0.39, 0.29) is 45.9 Å². The van der Waals surface area contributed by atoms with Crippen molar-refractivity contribution in [3.63, 3.8) is 0 Å².